The smallest absolute Gasteiger partial charge is 0.339 e. The van der Waals surface area contributed by atoms with Gasteiger partial charge in [0.1, 0.15) is 11.5 Å². The van der Waals surface area contributed by atoms with Crippen molar-refractivity contribution < 1.29 is 33.3 Å². The van der Waals surface area contributed by atoms with E-state index >= 15 is 0 Å². The minimum absolute atomic E-state index is 0.0129. The van der Waals surface area contributed by atoms with E-state index < -0.39 is 35.4 Å². The fourth-order valence-corrected chi connectivity index (χ4v) is 1.38. The summed E-state index contributed by atoms with van der Waals surface area (Å²) in [5, 5.41) is 19.2. The van der Waals surface area contributed by atoms with Crippen LogP contribution in [-0.2, 0) is 9.53 Å². The van der Waals surface area contributed by atoms with Crippen LogP contribution in [0.3, 0.4) is 0 Å². The molecule has 0 spiro atoms. The van der Waals surface area contributed by atoms with Crippen molar-refractivity contribution in [3.63, 3.8) is 0 Å². The predicted molar refractivity (Wildman–Crippen MR) is 56.6 cm³/mol. The van der Waals surface area contributed by atoms with Crippen LogP contribution in [0.4, 0.5) is 8.78 Å². The number of aliphatic hydroxyl groups excluding tert-OH is 1. The molecule has 100 valence electrons. The van der Waals surface area contributed by atoms with Gasteiger partial charge < -0.3 is 19.7 Å². The maximum Gasteiger partial charge on any atom is 0.339 e. The number of phenolic OH excluding ortho intramolecular Hbond substituents is 1. The standard InChI is InChI=1S/C11H12F2O5/c1-17-5-3-6(9(15)11(16)18-2)8(14)7(4-5)10(12)13/h3-4,9-10,14-15H,1-2H3. The Kier molecular flexibility index (Phi) is 4.43. The van der Waals surface area contributed by atoms with Crippen molar-refractivity contribution in [2.75, 3.05) is 14.2 Å². The summed E-state index contributed by atoms with van der Waals surface area (Å²) in [6.07, 6.45) is -4.83. The lowest BCUT2D eigenvalue weighted by atomic mass is 10.0. The third-order valence-electron chi connectivity index (χ3n) is 2.33. The van der Waals surface area contributed by atoms with E-state index in [1.165, 1.54) is 7.11 Å². The molecule has 1 atom stereocenters. The van der Waals surface area contributed by atoms with Crippen LogP contribution in [0.1, 0.15) is 23.7 Å². The minimum Gasteiger partial charge on any atom is -0.507 e. The molecule has 0 aromatic heterocycles. The van der Waals surface area contributed by atoms with Crippen molar-refractivity contribution in [3.8, 4) is 11.5 Å². The number of ether oxygens (including phenoxy) is 2. The van der Waals surface area contributed by atoms with Gasteiger partial charge in [-0.25, -0.2) is 13.6 Å². The predicted octanol–water partition coefficient (Wildman–Crippen LogP) is 1.54. The van der Waals surface area contributed by atoms with Gasteiger partial charge in [-0.1, -0.05) is 0 Å². The lowest BCUT2D eigenvalue weighted by Crippen LogP contribution is -2.14. The summed E-state index contributed by atoms with van der Waals surface area (Å²) in [7, 11) is 2.26. The van der Waals surface area contributed by atoms with E-state index in [1.807, 2.05) is 0 Å². The molecule has 0 amide bonds. The van der Waals surface area contributed by atoms with E-state index in [-0.39, 0.29) is 5.75 Å². The second kappa shape index (κ2) is 5.63. The lowest BCUT2D eigenvalue weighted by Gasteiger charge is -2.15. The molecule has 0 fully saturated rings. The molecule has 18 heavy (non-hydrogen) atoms. The molecule has 0 radical (unpaired) electrons. The second-order valence-corrected chi connectivity index (χ2v) is 3.38. The zero-order valence-corrected chi connectivity index (χ0v) is 9.68. The van der Waals surface area contributed by atoms with Crippen LogP contribution in [0.2, 0.25) is 0 Å². The molecule has 0 bridgehead atoms. The first-order valence-corrected chi connectivity index (χ1v) is 4.87. The summed E-state index contributed by atoms with van der Waals surface area (Å²) < 4.78 is 34.3. The molecular formula is C11H12F2O5. The van der Waals surface area contributed by atoms with Gasteiger partial charge >= 0.3 is 5.97 Å². The SMILES string of the molecule is COC(=O)C(O)c1cc(OC)cc(C(F)F)c1O. The fraction of sp³-hybridized carbons (Fsp3) is 0.364. The molecule has 0 aliphatic heterocycles. The monoisotopic (exact) mass is 262 g/mol. The summed E-state index contributed by atoms with van der Waals surface area (Å²) in [6, 6.07) is 2.01. The van der Waals surface area contributed by atoms with Crippen LogP contribution < -0.4 is 4.74 Å². The molecule has 1 rings (SSSR count). The van der Waals surface area contributed by atoms with Crippen molar-refractivity contribution in [2.45, 2.75) is 12.5 Å². The van der Waals surface area contributed by atoms with E-state index in [4.69, 9.17) is 4.74 Å². The Bertz CT molecular complexity index is 447. The van der Waals surface area contributed by atoms with Crippen LogP contribution in [-0.4, -0.2) is 30.4 Å². The summed E-state index contributed by atoms with van der Waals surface area (Å²) in [6.45, 7) is 0. The Morgan fingerprint density at radius 3 is 2.28 bits per heavy atom. The molecule has 2 N–H and O–H groups in total. The highest BCUT2D eigenvalue weighted by Gasteiger charge is 2.26. The number of halogens is 2. The highest BCUT2D eigenvalue weighted by Crippen LogP contribution is 2.38. The molecule has 7 heteroatoms. The Morgan fingerprint density at radius 1 is 1.28 bits per heavy atom. The number of esters is 1. The molecule has 1 unspecified atom stereocenters. The van der Waals surface area contributed by atoms with Gasteiger partial charge in [0.05, 0.1) is 19.8 Å². The molecular weight excluding hydrogens is 250 g/mol. The van der Waals surface area contributed by atoms with Gasteiger partial charge in [-0.05, 0) is 12.1 Å². The first-order valence-electron chi connectivity index (χ1n) is 4.87. The van der Waals surface area contributed by atoms with Gasteiger partial charge in [0, 0.05) is 5.56 Å². The van der Waals surface area contributed by atoms with Crippen LogP contribution in [0.25, 0.3) is 0 Å². The van der Waals surface area contributed by atoms with Crippen molar-refractivity contribution in [2.24, 2.45) is 0 Å². The number of aromatic hydroxyl groups is 1. The number of phenols is 1. The van der Waals surface area contributed by atoms with Crippen LogP contribution in [0.5, 0.6) is 11.5 Å². The largest absolute Gasteiger partial charge is 0.507 e. The molecule has 1 aromatic carbocycles. The third-order valence-corrected chi connectivity index (χ3v) is 2.33. The summed E-state index contributed by atoms with van der Waals surface area (Å²) in [5.41, 5.74) is -1.12. The minimum atomic E-state index is -2.97. The van der Waals surface area contributed by atoms with Gasteiger partial charge in [-0.2, -0.15) is 0 Å². The Labute approximate surface area is 102 Å². The van der Waals surface area contributed by atoms with E-state index in [1.54, 1.807) is 0 Å². The van der Waals surface area contributed by atoms with Gasteiger partial charge in [-0.3, -0.25) is 0 Å². The maximum absolute atomic E-state index is 12.7. The number of carbonyl (C=O) groups is 1. The Morgan fingerprint density at radius 2 is 1.83 bits per heavy atom. The quantitative estimate of drug-likeness (QED) is 0.805. The molecule has 5 nitrogen and oxygen atoms in total. The topological polar surface area (TPSA) is 76.0 Å². The Balaban J connectivity index is 3.34. The fourth-order valence-electron chi connectivity index (χ4n) is 1.38. The summed E-state index contributed by atoms with van der Waals surface area (Å²) in [4.78, 5) is 11.1. The first-order chi connectivity index (χ1) is 8.42. The van der Waals surface area contributed by atoms with Crippen LogP contribution in [0.15, 0.2) is 12.1 Å². The van der Waals surface area contributed by atoms with Crippen LogP contribution >= 0.6 is 0 Å². The summed E-state index contributed by atoms with van der Waals surface area (Å²) >= 11 is 0. The van der Waals surface area contributed by atoms with Crippen molar-refractivity contribution in [3.05, 3.63) is 23.3 Å². The third kappa shape index (κ3) is 2.67. The van der Waals surface area contributed by atoms with Crippen LogP contribution in [0, 0.1) is 0 Å². The van der Waals surface area contributed by atoms with E-state index in [2.05, 4.69) is 4.74 Å². The number of carbonyl (C=O) groups excluding carboxylic acids is 1. The average Bonchev–Trinajstić information content (AvgIpc) is 2.36. The molecule has 0 aliphatic rings. The van der Waals surface area contributed by atoms with Gasteiger partial charge in [0.25, 0.3) is 6.43 Å². The zero-order chi connectivity index (χ0) is 13.9. The van der Waals surface area contributed by atoms with Gasteiger partial charge in [0.2, 0.25) is 0 Å². The zero-order valence-electron chi connectivity index (χ0n) is 9.68. The highest BCUT2D eigenvalue weighted by atomic mass is 19.3. The molecule has 0 heterocycles. The van der Waals surface area contributed by atoms with Gasteiger partial charge in [0.15, 0.2) is 6.10 Å². The van der Waals surface area contributed by atoms with E-state index in [0.29, 0.717) is 0 Å². The number of hydrogen-bond donors (Lipinski definition) is 2. The summed E-state index contributed by atoms with van der Waals surface area (Å²) in [5.74, 6) is -1.94. The number of hydrogen-bond acceptors (Lipinski definition) is 5. The Hall–Kier alpha value is -1.89. The van der Waals surface area contributed by atoms with Crippen molar-refractivity contribution in [1.82, 2.24) is 0 Å². The van der Waals surface area contributed by atoms with E-state index in [9.17, 15) is 23.8 Å². The first kappa shape index (κ1) is 14.2. The number of rotatable bonds is 4. The van der Waals surface area contributed by atoms with Crippen molar-refractivity contribution >= 4 is 5.97 Å². The molecule has 0 aliphatic carbocycles. The normalized spacial score (nSPS) is 12.3. The molecule has 0 saturated heterocycles. The molecule has 1 aromatic rings. The maximum atomic E-state index is 12.7. The van der Waals surface area contributed by atoms with Gasteiger partial charge in [-0.15, -0.1) is 0 Å². The number of alkyl halides is 2. The number of benzene rings is 1. The lowest BCUT2D eigenvalue weighted by molar-refractivity contribution is -0.150. The highest BCUT2D eigenvalue weighted by molar-refractivity contribution is 5.77. The number of methoxy groups -OCH3 is 2. The second-order valence-electron chi connectivity index (χ2n) is 3.38. The average molecular weight is 262 g/mol. The number of aliphatic hydroxyl groups is 1. The molecule has 0 saturated carbocycles. The van der Waals surface area contributed by atoms with Crippen molar-refractivity contribution in [1.29, 1.82) is 0 Å². The van der Waals surface area contributed by atoms with E-state index in [0.717, 1.165) is 19.2 Å².